The number of nitrogens with zero attached hydrogens (tertiary/aromatic N) is 1. The van der Waals surface area contributed by atoms with Crippen LogP contribution in [0.15, 0.2) is 16.6 Å². The van der Waals surface area contributed by atoms with Crippen LogP contribution >= 0.6 is 0 Å². The Bertz CT molecular complexity index is 202. The first-order valence-corrected chi connectivity index (χ1v) is 3.66. The van der Waals surface area contributed by atoms with Crippen LogP contribution in [0.3, 0.4) is 0 Å². The highest BCUT2D eigenvalue weighted by Crippen LogP contribution is 2.00. The molecule has 2 nitrogen and oxygen atoms in total. The average Bonchev–Trinajstić information content (AvgIpc) is 1.85. The summed E-state index contributed by atoms with van der Waals surface area (Å²) in [6.45, 7) is 5.45. The Kier molecular flexibility index (Phi) is 4.42. The van der Waals surface area contributed by atoms with Crippen molar-refractivity contribution in [2.75, 3.05) is 7.05 Å². The zero-order valence-electron chi connectivity index (χ0n) is 7.64. The van der Waals surface area contributed by atoms with Gasteiger partial charge in [0.05, 0.1) is 0 Å². The number of carbonyl (C=O) groups excluding carboxylic acids is 1. The van der Waals surface area contributed by atoms with Gasteiger partial charge in [-0.05, 0) is 26.8 Å². The fraction of sp³-hybridized carbons (Fsp3) is 0.556. The number of Topliss-reactive ketones (excluding diaryl/α,β-unsaturated/α-hetero) is 1. The maximum atomic E-state index is 10.6. The van der Waals surface area contributed by atoms with Gasteiger partial charge < -0.3 is 0 Å². The smallest absolute Gasteiger partial charge is 0.133 e. The number of carbonyl (C=O) groups is 1. The molecular formula is C9H15NO. The second-order valence-corrected chi connectivity index (χ2v) is 2.73. The van der Waals surface area contributed by atoms with Gasteiger partial charge in [-0.3, -0.25) is 9.79 Å². The van der Waals surface area contributed by atoms with Gasteiger partial charge in [0.15, 0.2) is 0 Å². The average molecular weight is 153 g/mol. The molecule has 0 amide bonds. The number of hydrogen-bond acceptors (Lipinski definition) is 2. The van der Waals surface area contributed by atoms with Crippen molar-refractivity contribution >= 4 is 11.5 Å². The van der Waals surface area contributed by atoms with Crippen LogP contribution < -0.4 is 0 Å². The second-order valence-electron chi connectivity index (χ2n) is 2.73. The third-order valence-electron chi connectivity index (χ3n) is 1.34. The highest BCUT2D eigenvalue weighted by molar-refractivity contribution is 5.94. The quantitative estimate of drug-likeness (QED) is 0.570. The minimum Gasteiger partial charge on any atom is -0.300 e. The maximum Gasteiger partial charge on any atom is 0.133 e. The van der Waals surface area contributed by atoms with E-state index in [1.807, 2.05) is 19.9 Å². The van der Waals surface area contributed by atoms with Gasteiger partial charge in [0.25, 0.3) is 0 Å². The van der Waals surface area contributed by atoms with Crippen molar-refractivity contribution in [1.29, 1.82) is 0 Å². The van der Waals surface area contributed by atoms with E-state index in [9.17, 15) is 4.79 Å². The molecule has 0 aromatic carbocycles. The van der Waals surface area contributed by atoms with Gasteiger partial charge in [-0.1, -0.05) is 5.57 Å². The zero-order chi connectivity index (χ0) is 8.85. The molecule has 0 saturated heterocycles. The molecule has 2 heteroatoms. The molecule has 0 bridgehead atoms. The van der Waals surface area contributed by atoms with E-state index < -0.39 is 0 Å². The predicted molar refractivity (Wildman–Crippen MR) is 48.1 cm³/mol. The Morgan fingerprint density at radius 1 is 1.36 bits per heavy atom. The van der Waals surface area contributed by atoms with Crippen molar-refractivity contribution in [2.24, 2.45) is 4.99 Å². The van der Waals surface area contributed by atoms with Gasteiger partial charge in [0.1, 0.15) is 5.78 Å². The van der Waals surface area contributed by atoms with Crippen LogP contribution in [-0.2, 0) is 4.79 Å². The summed E-state index contributed by atoms with van der Waals surface area (Å²) in [7, 11) is 1.74. The molecule has 0 radical (unpaired) electrons. The summed E-state index contributed by atoms with van der Waals surface area (Å²) in [5, 5.41) is 0. The standard InChI is InChI=1S/C9H15NO/c1-7(6-9(3)11)5-8(2)10-4/h5H,6H2,1-4H3/b7-5+,10-8?. The van der Waals surface area contributed by atoms with Crippen molar-refractivity contribution in [2.45, 2.75) is 27.2 Å². The first-order chi connectivity index (χ1) is 5.06. The molecule has 0 aromatic heterocycles. The maximum absolute atomic E-state index is 10.6. The SMILES string of the molecule is CN=C(C)/C=C(\C)CC(C)=O. The molecule has 0 rings (SSSR count). The Labute approximate surface area is 68.0 Å². The Morgan fingerprint density at radius 2 is 1.91 bits per heavy atom. The molecule has 0 fully saturated rings. The van der Waals surface area contributed by atoms with Crippen LogP contribution in [0.5, 0.6) is 0 Å². The monoisotopic (exact) mass is 153 g/mol. The van der Waals surface area contributed by atoms with Crippen molar-refractivity contribution in [3.8, 4) is 0 Å². The minimum atomic E-state index is 0.197. The normalized spacial score (nSPS) is 13.5. The minimum absolute atomic E-state index is 0.197. The van der Waals surface area contributed by atoms with Crippen LogP contribution in [0.1, 0.15) is 27.2 Å². The Morgan fingerprint density at radius 3 is 2.27 bits per heavy atom. The van der Waals surface area contributed by atoms with Gasteiger partial charge in [0.2, 0.25) is 0 Å². The highest BCUT2D eigenvalue weighted by atomic mass is 16.1. The van der Waals surface area contributed by atoms with E-state index >= 15 is 0 Å². The van der Waals surface area contributed by atoms with Crippen LogP contribution in [0.2, 0.25) is 0 Å². The third kappa shape index (κ3) is 5.52. The summed E-state index contributed by atoms with van der Waals surface area (Å²) in [6.07, 6.45) is 2.47. The fourth-order valence-electron chi connectivity index (χ4n) is 0.865. The second kappa shape index (κ2) is 4.83. The lowest BCUT2D eigenvalue weighted by molar-refractivity contribution is -0.116. The number of allylic oxidation sites excluding steroid dienone is 2. The third-order valence-corrected chi connectivity index (χ3v) is 1.34. The summed E-state index contributed by atoms with van der Waals surface area (Å²) < 4.78 is 0. The number of rotatable bonds is 3. The summed E-state index contributed by atoms with van der Waals surface area (Å²) in [5.41, 5.74) is 2.03. The van der Waals surface area contributed by atoms with Crippen molar-refractivity contribution in [3.63, 3.8) is 0 Å². The van der Waals surface area contributed by atoms with Gasteiger partial charge in [-0.2, -0.15) is 0 Å². The van der Waals surface area contributed by atoms with Crippen LogP contribution in [0, 0.1) is 0 Å². The molecule has 0 heterocycles. The van der Waals surface area contributed by atoms with Crippen molar-refractivity contribution < 1.29 is 4.79 Å². The molecular weight excluding hydrogens is 138 g/mol. The summed E-state index contributed by atoms with van der Waals surface area (Å²) in [4.78, 5) is 14.6. The molecule has 0 aliphatic carbocycles. The molecule has 0 N–H and O–H groups in total. The zero-order valence-corrected chi connectivity index (χ0v) is 7.64. The predicted octanol–water partition coefficient (Wildman–Crippen LogP) is 2.00. The largest absolute Gasteiger partial charge is 0.300 e. The molecule has 0 aromatic rings. The van der Waals surface area contributed by atoms with Crippen LogP contribution in [0.4, 0.5) is 0 Å². The first-order valence-electron chi connectivity index (χ1n) is 3.66. The molecule has 62 valence electrons. The lowest BCUT2D eigenvalue weighted by atomic mass is 10.1. The fourth-order valence-corrected chi connectivity index (χ4v) is 0.865. The summed E-state index contributed by atoms with van der Waals surface area (Å²) >= 11 is 0. The first kappa shape index (κ1) is 10.1. The number of ketones is 1. The summed E-state index contributed by atoms with van der Waals surface area (Å²) in [6, 6.07) is 0. The Balaban J connectivity index is 4.11. The number of hydrogen-bond donors (Lipinski definition) is 0. The van der Waals surface area contributed by atoms with E-state index in [2.05, 4.69) is 4.99 Å². The molecule has 0 aliphatic rings. The van der Waals surface area contributed by atoms with Gasteiger partial charge in [-0.25, -0.2) is 0 Å². The molecule has 0 atom stereocenters. The Hall–Kier alpha value is -0.920. The van der Waals surface area contributed by atoms with E-state index in [4.69, 9.17) is 0 Å². The lowest BCUT2D eigenvalue weighted by Gasteiger charge is -1.95. The van der Waals surface area contributed by atoms with Crippen LogP contribution in [0.25, 0.3) is 0 Å². The molecule has 0 saturated carbocycles. The topological polar surface area (TPSA) is 29.4 Å². The van der Waals surface area contributed by atoms with Crippen molar-refractivity contribution in [3.05, 3.63) is 11.6 Å². The van der Waals surface area contributed by atoms with Crippen molar-refractivity contribution in [1.82, 2.24) is 0 Å². The molecule has 0 spiro atoms. The van der Waals surface area contributed by atoms with Crippen LogP contribution in [-0.4, -0.2) is 18.5 Å². The van der Waals surface area contributed by atoms with E-state index in [0.717, 1.165) is 11.3 Å². The van der Waals surface area contributed by atoms with E-state index in [-0.39, 0.29) is 5.78 Å². The number of aliphatic imine (C=N–C) groups is 1. The highest BCUT2D eigenvalue weighted by Gasteiger charge is 1.94. The lowest BCUT2D eigenvalue weighted by Crippen LogP contribution is -1.93. The van der Waals surface area contributed by atoms with Gasteiger partial charge in [-0.15, -0.1) is 0 Å². The molecule has 0 aliphatic heterocycles. The van der Waals surface area contributed by atoms with Gasteiger partial charge in [0, 0.05) is 19.2 Å². The van der Waals surface area contributed by atoms with E-state index in [1.165, 1.54) is 0 Å². The molecule has 0 unspecified atom stereocenters. The van der Waals surface area contributed by atoms with E-state index in [1.54, 1.807) is 14.0 Å². The van der Waals surface area contributed by atoms with Gasteiger partial charge >= 0.3 is 0 Å². The summed E-state index contributed by atoms with van der Waals surface area (Å²) in [5.74, 6) is 0.197. The molecule has 11 heavy (non-hydrogen) atoms. The van der Waals surface area contributed by atoms with E-state index in [0.29, 0.717) is 6.42 Å².